The van der Waals surface area contributed by atoms with Gasteiger partial charge in [0.1, 0.15) is 25.0 Å². The van der Waals surface area contributed by atoms with Crippen LogP contribution < -0.4 is 10.1 Å². The van der Waals surface area contributed by atoms with E-state index >= 15 is 0 Å². The second-order valence-electron chi connectivity index (χ2n) is 4.36. The topological polar surface area (TPSA) is 111 Å². The lowest BCUT2D eigenvalue weighted by Crippen LogP contribution is -2.33. The largest absolute Gasteiger partial charge is 0.491 e. The van der Waals surface area contributed by atoms with Crippen LogP contribution in [-0.2, 0) is 9.63 Å². The molecular weight excluding hydrogens is 336 g/mol. The van der Waals surface area contributed by atoms with Gasteiger partial charge in [0.15, 0.2) is 0 Å². The number of halogens is 1. The van der Waals surface area contributed by atoms with Crippen LogP contribution in [0.3, 0.4) is 0 Å². The van der Waals surface area contributed by atoms with Gasteiger partial charge < -0.3 is 14.7 Å². The third-order valence-electron chi connectivity index (χ3n) is 2.87. The Balaban J connectivity index is 2.04. The fraction of sp³-hybridized carbons (Fsp3) is 0.417. The van der Waals surface area contributed by atoms with E-state index in [0.717, 1.165) is 0 Å². The molecular formula is C12H13ClN2O6S. The highest BCUT2D eigenvalue weighted by molar-refractivity contribution is 7.99. The van der Waals surface area contributed by atoms with Gasteiger partial charge in [-0.05, 0) is 18.2 Å². The Morgan fingerprint density at radius 2 is 2.32 bits per heavy atom. The average Bonchev–Trinajstić information content (AvgIpc) is 2.94. The summed E-state index contributed by atoms with van der Waals surface area (Å²) in [7, 11) is 0. The molecule has 2 N–H and O–H groups in total. The Morgan fingerprint density at radius 3 is 2.95 bits per heavy atom. The van der Waals surface area contributed by atoms with Crippen molar-refractivity contribution in [2.45, 2.75) is 11.4 Å². The van der Waals surface area contributed by atoms with E-state index in [1.165, 1.54) is 11.8 Å². The molecule has 10 heteroatoms. The van der Waals surface area contributed by atoms with Crippen molar-refractivity contribution >= 4 is 29.3 Å². The molecule has 1 saturated heterocycles. The summed E-state index contributed by atoms with van der Waals surface area (Å²) < 4.78 is 5.46. The van der Waals surface area contributed by atoms with Gasteiger partial charge in [-0.25, -0.2) is 0 Å². The van der Waals surface area contributed by atoms with Crippen LogP contribution in [0, 0.1) is 10.1 Å². The summed E-state index contributed by atoms with van der Waals surface area (Å²) in [5.41, 5.74) is 0.697. The number of nitrogens with zero attached hydrogens (tertiary/aromatic N) is 1. The maximum atomic E-state index is 11.0. The molecule has 0 radical (unpaired) electrons. The van der Waals surface area contributed by atoms with Crippen LogP contribution in [0.2, 0.25) is 5.02 Å². The van der Waals surface area contributed by atoms with Crippen molar-refractivity contribution in [1.29, 1.82) is 0 Å². The molecule has 120 valence electrons. The van der Waals surface area contributed by atoms with E-state index in [1.54, 1.807) is 18.2 Å². The average molecular weight is 349 g/mol. The minimum absolute atomic E-state index is 0.00460. The third-order valence-corrected chi connectivity index (χ3v) is 4.36. The molecule has 0 aromatic heterocycles. The Morgan fingerprint density at radius 1 is 1.55 bits per heavy atom. The van der Waals surface area contributed by atoms with Crippen molar-refractivity contribution in [2.75, 3.05) is 19.0 Å². The van der Waals surface area contributed by atoms with Crippen molar-refractivity contribution in [3.63, 3.8) is 0 Å². The second-order valence-corrected chi connectivity index (χ2v) is 5.93. The maximum absolute atomic E-state index is 11.0. The van der Waals surface area contributed by atoms with Crippen LogP contribution in [-0.4, -0.2) is 41.2 Å². The molecule has 22 heavy (non-hydrogen) atoms. The number of carbonyl (C=O) groups is 1. The van der Waals surface area contributed by atoms with Crippen LogP contribution >= 0.6 is 23.4 Å². The molecule has 0 saturated carbocycles. The fourth-order valence-electron chi connectivity index (χ4n) is 1.91. The number of aliphatic carboxylic acids is 1. The van der Waals surface area contributed by atoms with E-state index in [0.29, 0.717) is 22.1 Å². The number of hydrogen-bond donors (Lipinski definition) is 2. The molecule has 1 aliphatic heterocycles. The summed E-state index contributed by atoms with van der Waals surface area (Å²) in [4.78, 5) is 25.2. The standard InChI is InChI=1S/C12H13ClN2O6S/c13-7-1-2-10(20-3-4-21-15(18)19)8(5-7)11-14-9(6-22-11)12(16)17/h1-2,5,9,11,14H,3-4,6H2,(H,16,17). The summed E-state index contributed by atoms with van der Waals surface area (Å²) in [5, 5.41) is 21.4. The van der Waals surface area contributed by atoms with Crippen molar-refractivity contribution < 1.29 is 24.6 Å². The molecule has 0 amide bonds. The van der Waals surface area contributed by atoms with E-state index in [-0.39, 0.29) is 18.6 Å². The van der Waals surface area contributed by atoms with Crippen molar-refractivity contribution in [3.05, 3.63) is 38.9 Å². The molecule has 1 fully saturated rings. The Hall–Kier alpha value is -1.71. The maximum Gasteiger partial charge on any atom is 0.321 e. The van der Waals surface area contributed by atoms with Gasteiger partial charge in [0.2, 0.25) is 0 Å². The zero-order valence-corrected chi connectivity index (χ0v) is 12.8. The van der Waals surface area contributed by atoms with Crippen LogP contribution in [0.15, 0.2) is 18.2 Å². The molecule has 0 spiro atoms. The molecule has 2 atom stereocenters. The van der Waals surface area contributed by atoms with Gasteiger partial charge >= 0.3 is 5.97 Å². The van der Waals surface area contributed by atoms with E-state index < -0.39 is 17.1 Å². The Bertz CT molecular complexity index is 573. The molecule has 1 heterocycles. The molecule has 1 aromatic rings. The van der Waals surface area contributed by atoms with Gasteiger partial charge in [-0.1, -0.05) is 11.6 Å². The highest BCUT2D eigenvalue weighted by atomic mass is 35.5. The molecule has 1 aromatic carbocycles. The summed E-state index contributed by atoms with van der Waals surface area (Å²) in [6, 6.07) is 4.31. The number of thioether (sulfide) groups is 1. The second kappa shape index (κ2) is 7.52. The first kappa shape index (κ1) is 16.7. The number of hydrogen-bond acceptors (Lipinski definition) is 7. The monoisotopic (exact) mass is 348 g/mol. The Kier molecular flexibility index (Phi) is 5.69. The molecule has 2 unspecified atom stereocenters. The number of carboxylic acids is 1. The first-order valence-electron chi connectivity index (χ1n) is 6.27. The van der Waals surface area contributed by atoms with Crippen molar-refractivity contribution in [3.8, 4) is 5.75 Å². The summed E-state index contributed by atoms with van der Waals surface area (Å²) in [5.74, 6) is -0.0117. The number of rotatable bonds is 7. The predicted octanol–water partition coefficient (Wildman–Crippen LogP) is 1.72. The van der Waals surface area contributed by atoms with E-state index in [1.807, 2.05) is 0 Å². The van der Waals surface area contributed by atoms with Gasteiger partial charge in [-0.15, -0.1) is 21.9 Å². The molecule has 2 rings (SSSR count). The molecule has 1 aliphatic rings. The van der Waals surface area contributed by atoms with Gasteiger partial charge in [-0.2, -0.15) is 0 Å². The van der Waals surface area contributed by atoms with E-state index in [2.05, 4.69) is 10.2 Å². The zero-order chi connectivity index (χ0) is 16.1. The van der Waals surface area contributed by atoms with E-state index in [9.17, 15) is 14.9 Å². The minimum Gasteiger partial charge on any atom is -0.491 e. The van der Waals surface area contributed by atoms with Gasteiger partial charge in [0.05, 0.1) is 5.37 Å². The molecule has 0 bridgehead atoms. The lowest BCUT2D eigenvalue weighted by Gasteiger charge is -2.17. The summed E-state index contributed by atoms with van der Waals surface area (Å²) in [6.45, 7) is -0.201. The van der Waals surface area contributed by atoms with Crippen LogP contribution in [0.25, 0.3) is 0 Å². The third kappa shape index (κ3) is 4.39. The summed E-state index contributed by atoms with van der Waals surface area (Å²) >= 11 is 7.40. The fourth-order valence-corrected chi connectivity index (χ4v) is 3.34. The molecule has 8 nitrogen and oxygen atoms in total. The normalized spacial score (nSPS) is 20.6. The van der Waals surface area contributed by atoms with Gasteiger partial charge in [0.25, 0.3) is 5.09 Å². The predicted molar refractivity (Wildman–Crippen MR) is 79.7 cm³/mol. The van der Waals surface area contributed by atoms with Crippen molar-refractivity contribution in [1.82, 2.24) is 5.32 Å². The van der Waals surface area contributed by atoms with Crippen molar-refractivity contribution in [2.24, 2.45) is 0 Å². The highest BCUT2D eigenvalue weighted by Crippen LogP contribution is 2.39. The SMILES string of the molecule is O=C(O)C1CSC(c2cc(Cl)ccc2OCCO[N+](=O)[O-])N1. The first-order valence-corrected chi connectivity index (χ1v) is 7.70. The van der Waals surface area contributed by atoms with Crippen LogP contribution in [0.4, 0.5) is 0 Å². The highest BCUT2D eigenvalue weighted by Gasteiger charge is 2.32. The number of carboxylic acid groups (broad SMARTS) is 1. The zero-order valence-electron chi connectivity index (χ0n) is 11.2. The lowest BCUT2D eigenvalue weighted by atomic mass is 10.2. The molecule has 0 aliphatic carbocycles. The summed E-state index contributed by atoms with van der Waals surface area (Å²) in [6.07, 6.45) is 0. The Labute approximate surface area is 134 Å². The van der Waals surface area contributed by atoms with Crippen LogP contribution in [0.5, 0.6) is 5.75 Å². The number of benzene rings is 1. The van der Waals surface area contributed by atoms with Gasteiger partial charge in [-0.3, -0.25) is 10.1 Å². The van der Waals surface area contributed by atoms with Crippen LogP contribution in [0.1, 0.15) is 10.9 Å². The number of ether oxygens (including phenoxy) is 1. The minimum atomic E-state index is -0.918. The quantitative estimate of drug-likeness (QED) is 0.435. The first-order chi connectivity index (χ1) is 10.5. The van der Waals surface area contributed by atoms with E-state index in [4.69, 9.17) is 21.4 Å². The number of nitrogens with one attached hydrogen (secondary N) is 1. The smallest absolute Gasteiger partial charge is 0.321 e. The lowest BCUT2D eigenvalue weighted by molar-refractivity contribution is -0.757. The van der Waals surface area contributed by atoms with Gasteiger partial charge in [0, 0.05) is 16.3 Å².